The molecule has 2 aromatic carbocycles. The second kappa shape index (κ2) is 8.18. The van der Waals surface area contributed by atoms with E-state index in [1.54, 1.807) is 12.1 Å². The van der Waals surface area contributed by atoms with Crippen molar-refractivity contribution in [3.05, 3.63) is 81.9 Å². The quantitative estimate of drug-likeness (QED) is 0.526. The average Bonchev–Trinajstić information content (AvgIpc) is 3.29. The number of amides is 1. The van der Waals surface area contributed by atoms with E-state index in [4.69, 9.17) is 0 Å². The molecule has 0 spiro atoms. The molecule has 0 aliphatic heterocycles. The third kappa shape index (κ3) is 3.86. The molecule has 0 saturated carbocycles. The number of aromatic nitrogens is 4. The molecule has 2 aromatic heterocycles. The van der Waals surface area contributed by atoms with Gasteiger partial charge in [-0.15, -0.1) is 0 Å². The lowest BCUT2D eigenvalue weighted by Gasteiger charge is -2.15. The van der Waals surface area contributed by atoms with Crippen molar-refractivity contribution in [1.82, 2.24) is 25.3 Å². The molecule has 7 heteroatoms. The molecule has 5 rings (SSSR count). The highest BCUT2D eigenvalue weighted by molar-refractivity contribution is 5.98. The van der Waals surface area contributed by atoms with Crippen molar-refractivity contribution >= 4 is 16.7 Å². The van der Waals surface area contributed by atoms with Gasteiger partial charge in [0.05, 0.1) is 17.9 Å². The first kappa shape index (κ1) is 19.2. The summed E-state index contributed by atoms with van der Waals surface area (Å²) < 4.78 is 1.44. The Bertz CT molecular complexity index is 1320. The van der Waals surface area contributed by atoms with Crippen LogP contribution in [0.15, 0.2) is 59.4 Å². The summed E-state index contributed by atoms with van der Waals surface area (Å²) in [5.74, 6) is -0.259. The van der Waals surface area contributed by atoms with Crippen LogP contribution in [0, 0.1) is 0 Å². The van der Waals surface area contributed by atoms with Gasteiger partial charge in [-0.3, -0.25) is 14.7 Å². The molecule has 7 nitrogen and oxygen atoms in total. The molecule has 31 heavy (non-hydrogen) atoms. The van der Waals surface area contributed by atoms with Gasteiger partial charge in [-0.05, 0) is 48.1 Å². The van der Waals surface area contributed by atoms with Gasteiger partial charge in [-0.25, -0.2) is 4.68 Å². The summed E-state index contributed by atoms with van der Waals surface area (Å²) in [6.45, 7) is 0.648. The lowest BCUT2D eigenvalue weighted by molar-refractivity contribution is 0.0946. The van der Waals surface area contributed by atoms with Gasteiger partial charge in [-0.2, -0.15) is 10.2 Å². The Hall–Kier alpha value is -3.74. The van der Waals surface area contributed by atoms with E-state index in [1.165, 1.54) is 4.68 Å². The molecular formula is C24H23N5O2. The van der Waals surface area contributed by atoms with Gasteiger partial charge >= 0.3 is 0 Å². The van der Waals surface area contributed by atoms with Crippen LogP contribution in [0.4, 0.5) is 0 Å². The number of nitrogens with zero attached hydrogens (tertiary/aromatic N) is 3. The van der Waals surface area contributed by atoms with Gasteiger partial charge in [-0.1, -0.05) is 42.5 Å². The maximum absolute atomic E-state index is 12.6. The molecule has 1 aliphatic rings. The highest BCUT2D eigenvalue weighted by Crippen LogP contribution is 2.27. The second-order valence-electron chi connectivity index (χ2n) is 7.83. The zero-order chi connectivity index (χ0) is 21.2. The molecule has 0 unspecified atom stereocenters. The number of carbonyl (C=O) groups excluding carboxylic acids is 1. The Kier molecular flexibility index (Phi) is 5.08. The Labute approximate surface area is 179 Å². The molecule has 0 bridgehead atoms. The van der Waals surface area contributed by atoms with Crippen LogP contribution < -0.4 is 10.9 Å². The summed E-state index contributed by atoms with van der Waals surface area (Å²) in [4.78, 5) is 24.8. The van der Waals surface area contributed by atoms with Crippen molar-refractivity contribution < 1.29 is 4.79 Å². The molecule has 1 amide bonds. The summed E-state index contributed by atoms with van der Waals surface area (Å²) in [5, 5.41) is 16.7. The van der Waals surface area contributed by atoms with E-state index in [0.29, 0.717) is 18.8 Å². The predicted molar refractivity (Wildman–Crippen MR) is 119 cm³/mol. The summed E-state index contributed by atoms with van der Waals surface area (Å²) in [5.41, 5.74) is 4.02. The van der Waals surface area contributed by atoms with E-state index in [2.05, 4.69) is 32.7 Å². The Morgan fingerprint density at radius 3 is 2.84 bits per heavy atom. The molecular weight excluding hydrogens is 390 g/mol. The van der Waals surface area contributed by atoms with Gasteiger partial charge in [0.25, 0.3) is 11.5 Å². The minimum Gasteiger partial charge on any atom is -0.349 e. The molecule has 2 N–H and O–H groups in total. The van der Waals surface area contributed by atoms with Crippen molar-refractivity contribution in [3.63, 3.8) is 0 Å². The minimum atomic E-state index is -0.259. The topological polar surface area (TPSA) is 92.7 Å². The standard InChI is InChI=1S/C24H23N5O2/c30-23-14-17-7-2-4-11-20(17)28-29(23)13-12-25-24(31)22-15-21(26-27-22)19-10-5-8-16-6-1-3-9-18(16)19/h1,3,5-6,8-10,14-15H,2,4,7,11-13H2,(H,25,31)(H,26,27). The zero-order valence-corrected chi connectivity index (χ0v) is 17.1. The van der Waals surface area contributed by atoms with E-state index in [1.807, 2.05) is 30.3 Å². The van der Waals surface area contributed by atoms with E-state index in [0.717, 1.165) is 59.0 Å². The van der Waals surface area contributed by atoms with Crippen LogP contribution in [-0.4, -0.2) is 32.4 Å². The van der Waals surface area contributed by atoms with E-state index < -0.39 is 0 Å². The van der Waals surface area contributed by atoms with Crippen molar-refractivity contribution in [2.45, 2.75) is 32.2 Å². The van der Waals surface area contributed by atoms with Crippen LogP contribution in [-0.2, 0) is 19.4 Å². The molecule has 0 fully saturated rings. The maximum atomic E-state index is 12.6. The van der Waals surface area contributed by atoms with E-state index in [9.17, 15) is 9.59 Å². The van der Waals surface area contributed by atoms with Crippen LogP contribution in [0.25, 0.3) is 22.0 Å². The number of benzene rings is 2. The van der Waals surface area contributed by atoms with Gasteiger partial charge in [0.1, 0.15) is 5.69 Å². The number of hydrogen-bond acceptors (Lipinski definition) is 4. The Morgan fingerprint density at radius 1 is 1.06 bits per heavy atom. The van der Waals surface area contributed by atoms with Crippen LogP contribution >= 0.6 is 0 Å². The zero-order valence-electron chi connectivity index (χ0n) is 17.1. The number of aryl methyl sites for hydroxylation is 2. The highest BCUT2D eigenvalue weighted by Gasteiger charge is 2.15. The smallest absolute Gasteiger partial charge is 0.269 e. The van der Waals surface area contributed by atoms with Crippen molar-refractivity contribution in [2.24, 2.45) is 0 Å². The number of aromatic amines is 1. The van der Waals surface area contributed by atoms with Crippen LogP contribution in [0.3, 0.4) is 0 Å². The molecule has 0 saturated heterocycles. The highest BCUT2D eigenvalue weighted by atomic mass is 16.2. The summed E-state index contributed by atoms with van der Waals surface area (Å²) >= 11 is 0. The Morgan fingerprint density at radius 2 is 1.90 bits per heavy atom. The first-order valence-corrected chi connectivity index (χ1v) is 10.6. The molecule has 1 aliphatic carbocycles. The normalized spacial score (nSPS) is 13.2. The lowest BCUT2D eigenvalue weighted by atomic mass is 9.97. The largest absolute Gasteiger partial charge is 0.349 e. The number of carbonyl (C=O) groups is 1. The number of rotatable bonds is 5. The molecule has 2 heterocycles. The summed E-state index contributed by atoms with van der Waals surface area (Å²) in [6, 6.07) is 17.5. The second-order valence-corrected chi connectivity index (χ2v) is 7.83. The molecule has 0 atom stereocenters. The van der Waals surface area contributed by atoms with Gasteiger partial charge in [0, 0.05) is 18.2 Å². The lowest BCUT2D eigenvalue weighted by Crippen LogP contribution is -2.33. The number of H-pyrrole nitrogens is 1. The van der Waals surface area contributed by atoms with Crippen LogP contribution in [0.5, 0.6) is 0 Å². The number of fused-ring (bicyclic) bond motifs is 2. The van der Waals surface area contributed by atoms with Crippen molar-refractivity contribution in [3.8, 4) is 11.3 Å². The molecule has 4 aromatic rings. The monoisotopic (exact) mass is 413 g/mol. The molecule has 156 valence electrons. The number of nitrogens with one attached hydrogen (secondary N) is 2. The van der Waals surface area contributed by atoms with Crippen molar-refractivity contribution in [2.75, 3.05) is 6.54 Å². The fourth-order valence-corrected chi connectivity index (χ4v) is 4.16. The van der Waals surface area contributed by atoms with Crippen LogP contribution in [0.2, 0.25) is 0 Å². The predicted octanol–water partition coefficient (Wildman–Crippen LogP) is 3.10. The fourth-order valence-electron chi connectivity index (χ4n) is 4.16. The third-order valence-electron chi connectivity index (χ3n) is 5.77. The fraction of sp³-hybridized carbons (Fsp3) is 0.250. The summed E-state index contributed by atoms with van der Waals surface area (Å²) in [7, 11) is 0. The third-order valence-corrected chi connectivity index (χ3v) is 5.77. The minimum absolute atomic E-state index is 0.116. The number of hydrogen-bond donors (Lipinski definition) is 2. The van der Waals surface area contributed by atoms with Gasteiger partial charge in [0.2, 0.25) is 0 Å². The van der Waals surface area contributed by atoms with Gasteiger partial charge in [0.15, 0.2) is 0 Å². The molecule has 0 radical (unpaired) electrons. The maximum Gasteiger partial charge on any atom is 0.269 e. The van der Waals surface area contributed by atoms with E-state index >= 15 is 0 Å². The first-order valence-electron chi connectivity index (χ1n) is 10.6. The average molecular weight is 413 g/mol. The SMILES string of the molecule is O=C(NCCn1nc2c(cc1=O)CCCC2)c1cc(-c2cccc3ccccc23)n[nH]1. The first-order chi connectivity index (χ1) is 15.2. The van der Waals surface area contributed by atoms with Crippen LogP contribution in [0.1, 0.15) is 34.6 Å². The Balaban J connectivity index is 1.27. The summed E-state index contributed by atoms with van der Waals surface area (Å²) in [6.07, 6.45) is 4.05. The van der Waals surface area contributed by atoms with Crippen molar-refractivity contribution in [1.29, 1.82) is 0 Å². The van der Waals surface area contributed by atoms with Gasteiger partial charge < -0.3 is 5.32 Å². The van der Waals surface area contributed by atoms with E-state index in [-0.39, 0.29) is 11.5 Å².